The first-order chi connectivity index (χ1) is 10.1. The van der Waals surface area contributed by atoms with Crippen molar-refractivity contribution in [3.05, 3.63) is 50.2 Å². The van der Waals surface area contributed by atoms with Crippen molar-refractivity contribution < 1.29 is 0 Å². The Morgan fingerprint density at radius 1 is 1.33 bits per heavy atom. The van der Waals surface area contributed by atoms with E-state index in [1.54, 1.807) is 0 Å². The summed E-state index contributed by atoms with van der Waals surface area (Å²) in [5.41, 5.74) is 7.46. The maximum Gasteiger partial charge on any atom is 0.257 e. The van der Waals surface area contributed by atoms with Crippen LogP contribution in [0.3, 0.4) is 0 Å². The average Bonchev–Trinajstić information content (AvgIpc) is 2.47. The molecule has 1 aromatic carbocycles. The Kier molecular flexibility index (Phi) is 3.96. The molecule has 0 fully saturated rings. The second-order valence-electron chi connectivity index (χ2n) is 5.39. The first-order valence-electron chi connectivity index (χ1n) is 6.99. The lowest BCUT2D eigenvalue weighted by molar-refractivity contribution is 0.491. The van der Waals surface area contributed by atoms with Gasteiger partial charge in [-0.15, -0.1) is 0 Å². The van der Waals surface area contributed by atoms with Crippen molar-refractivity contribution in [1.82, 2.24) is 9.97 Å². The van der Waals surface area contributed by atoms with Gasteiger partial charge in [0.25, 0.3) is 5.56 Å². The fraction of sp³-hybridized carbons (Fsp3) is 0.333. The normalized spacial score (nSPS) is 17.1. The molecule has 1 aliphatic rings. The fourth-order valence-corrected chi connectivity index (χ4v) is 2.94. The molecule has 1 atom stereocenters. The van der Waals surface area contributed by atoms with E-state index >= 15 is 0 Å². The number of aromatic nitrogens is 2. The molecule has 0 aliphatic carbocycles. The number of aryl methyl sites for hydroxylation is 1. The molecule has 0 spiro atoms. The van der Waals surface area contributed by atoms with E-state index in [9.17, 15) is 4.79 Å². The van der Waals surface area contributed by atoms with Gasteiger partial charge in [-0.3, -0.25) is 9.78 Å². The number of H-pyrrole nitrogens is 1. The Bertz CT molecular complexity index is 696. The molecule has 110 valence electrons. The highest BCUT2D eigenvalue weighted by Crippen LogP contribution is 2.23. The molecular formula is C15H17BrN4O. The van der Waals surface area contributed by atoms with Crippen molar-refractivity contribution in [2.24, 2.45) is 5.92 Å². The van der Waals surface area contributed by atoms with Crippen LogP contribution in [0.4, 0.5) is 11.8 Å². The predicted octanol–water partition coefficient (Wildman–Crippen LogP) is 2.33. The van der Waals surface area contributed by atoms with Gasteiger partial charge in [0.1, 0.15) is 5.82 Å². The van der Waals surface area contributed by atoms with Gasteiger partial charge >= 0.3 is 0 Å². The molecular weight excluding hydrogens is 332 g/mol. The Morgan fingerprint density at radius 2 is 2.10 bits per heavy atom. The number of rotatable bonds is 3. The lowest BCUT2D eigenvalue weighted by Crippen LogP contribution is -2.30. The Hall–Kier alpha value is -1.82. The van der Waals surface area contributed by atoms with Gasteiger partial charge in [-0.1, -0.05) is 28.1 Å². The number of anilines is 2. The molecule has 0 saturated carbocycles. The van der Waals surface area contributed by atoms with E-state index in [0.717, 1.165) is 35.8 Å². The second kappa shape index (κ2) is 5.89. The van der Waals surface area contributed by atoms with Gasteiger partial charge in [-0.25, -0.2) is 0 Å². The standard InChI is InChI=1S/C15H17BrN4O/c16-11-5-3-9(4-6-11)1-2-10-7-12-13(18-8-10)19-15(17)20-14(12)21/h3-6,10H,1-2,7-8H2,(H4,17,18,19,20,21)/t10-/m1/s1. The van der Waals surface area contributed by atoms with Crippen molar-refractivity contribution in [1.29, 1.82) is 0 Å². The number of nitrogen functional groups attached to an aromatic ring is 1. The maximum absolute atomic E-state index is 11.9. The van der Waals surface area contributed by atoms with E-state index in [0.29, 0.717) is 11.7 Å². The van der Waals surface area contributed by atoms with E-state index in [4.69, 9.17) is 5.73 Å². The fourth-order valence-electron chi connectivity index (χ4n) is 2.68. The van der Waals surface area contributed by atoms with Crippen molar-refractivity contribution in [2.45, 2.75) is 19.3 Å². The molecule has 5 nitrogen and oxygen atoms in total. The van der Waals surface area contributed by atoms with E-state index < -0.39 is 0 Å². The number of nitrogens with one attached hydrogen (secondary N) is 2. The van der Waals surface area contributed by atoms with Crippen LogP contribution in [0.1, 0.15) is 17.5 Å². The van der Waals surface area contributed by atoms with E-state index in [-0.39, 0.29) is 11.5 Å². The minimum Gasteiger partial charge on any atom is -0.369 e. The quantitative estimate of drug-likeness (QED) is 0.794. The molecule has 0 amide bonds. The van der Waals surface area contributed by atoms with Crippen molar-refractivity contribution >= 4 is 27.7 Å². The summed E-state index contributed by atoms with van der Waals surface area (Å²) >= 11 is 3.44. The monoisotopic (exact) mass is 348 g/mol. The molecule has 0 unspecified atom stereocenters. The summed E-state index contributed by atoms with van der Waals surface area (Å²) in [6.45, 7) is 0.833. The maximum atomic E-state index is 11.9. The first kappa shape index (κ1) is 14.1. The predicted molar refractivity (Wildman–Crippen MR) is 87.4 cm³/mol. The molecule has 0 bridgehead atoms. The minimum absolute atomic E-state index is 0.127. The highest BCUT2D eigenvalue weighted by atomic mass is 79.9. The Balaban J connectivity index is 1.66. The van der Waals surface area contributed by atoms with Crippen LogP contribution >= 0.6 is 15.9 Å². The summed E-state index contributed by atoms with van der Waals surface area (Å²) in [6.07, 6.45) is 2.80. The zero-order valence-electron chi connectivity index (χ0n) is 11.5. The smallest absolute Gasteiger partial charge is 0.257 e. The van der Waals surface area contributed by atoms with Gasteiger partial charge in [-0.05, 0) is 42.9 Å². The van der Waals surface area contributed by atoms with Crippen molar-refractivity contribution in [3.8, 4) is 0 Å². The molecule has 0 saturated heterocycles. The molecule has 1 aliphatic heterocycles. The summed E-state index contributed by atoms with van der Waals surface area (Å²) in [5.74, 6) is 1.24. The van der Waals surface area contributed by atoms with Gasteiger partial charge in [-0.2, -0.15) is 4.98 Å². The van der Waals surface area contributed by atoms with Gasteiger partial charge < -0.3 is 11.1 Å². The van der Waals surface area contributed by atoms with Gasteiger partial charge in [0.05, 0.1) is 5.56 Å². The number of hydrogen-bond acceptors (Lipinski definition) is 4. The van der Waals surface area contributed by atoms with Crippen molar-refractivity contribution in [2.75, 3.05) is 17.6 Å². The number of nitrogens with zero attached hydrogens (tertiary/aromatic N) is 1. The zero-order chi connectivity index (χ0) is 14.8. The summed E-state index contributed by atoms with van der Waals surface area (Å²) < 4.78 is 1.09. The number of benzene rings is 1. The van der Waals surface area contributed by atoms with E-state index in [1.807, 2.05) is 0 Å². The van der Waals surface area contributed by atoms with Crippen LogP contribution in [0.15, 0.2) is 33.5 Å². The number of hydrogen-bond donors (Lipinski definition) is 3. The summed E-state index contributed by atoms with van der Waals surface area (Å²) in [7, 11) is 0. The number of fused-ring (bicyclic) bond motifs is 1. The van der Waals surface area contributed by atoms with Crippen LogP contribution in [0.2, 0.25) is 0 Å². The molecule has 4 N–H and O–H groups in total. The van der Waals surface area contributed by atoms with Crippen LogP contribution < -0.4 is 16.6 Å². The van der Waals surface area contributed by atoms with E-state index in [2.05, 4.69) is 55.5 Å². The summed E-state index contributed by atoms with van der Waals surface area (Å²) in [4.78, 5) is 18.6. The van der Waals surface area contributed by atoms with Crippen LogP contribution in [0.5, 0.6) is 0 Å². The zero-order valence-corrected chi connectivity index (χ0v) is 13.1. The molecule has 3 rings (SSSR count). The topological polar surface area (TPSA) is 83.8 Å². The van der Waals surface area contributed by atoms with Gasteiger partial charge in [0.15, 0.2) is 0 Å². The summed E-state index contributed by atoms with van der Waals surface area (Å²) in [6, 6.07) is 8.37. The second-order valence-corrected chi connectivity index (χ2v) is 6.31. The van der Waals surface area contributed by atoms with Crippen molar-refractivity contribution in [3.63, 3.8) is 0 Å². The minimum atomic E-state index is -0.127. The SMILES string of the molecule is Nc1nc2c(c(=O)[nH]1)C[C@@H](CCc1ccc(Br)cc1)CN2. The highest BCUT2D eigenvalue weighted by molar-refractivity contribution is 9.10. The lowest BCUT2D eigenvalue weighted by Gasteiger charge is -2.24. The number of aromatic amines is 1. The third kappa shape index (κ3) is 3.26. The molecule has 1 aromatic heterocycles. The largest absolute Gasteiger partial charge is 0.369 e. The molecule has 2 aromatic rings. The van der Waals surface area contributed by atoms with Crippen LogP contribution in [0.25, 0.3) is 0 Å². The Labute approximate surface area is 131 Å². The van der Waals surface area contributed by atoms with Crippen LogP contribution in [-0.2, 0) is 12.8 Å². The third-order valence-corrected chi connectivity index (χ3v) is 4.37. The van der Waals surface area contributed by atoms with Crippen LogP contribution in [-0.4, -0.2) is 16.5 Å². The lowest BCUT2D eigenvalue weighted by atomic mass is 9.91. The summed E-state index contributed by atoms with van der Waals surface area (Å²) in [5, 5.41) is 3.22. The molecule has 2 heterocycles. The van der Waals surface area contributed by atoms with Gasteiger partial charge in [0, 0.05) is 11.0 Å². The van der Waals surface area contributed by atoms with Crippen LogP contribution in [0, 0.1) is 5.92 Å². The van der Waals surface area contributed by atoms with E-state index in [1.165, 1.54) is 5.56 Å². The third-order valence-electron chi connectivity index (χ3n) is 3.84. The Morgan fingerprint density at radius 3 is 2.86 bits per heavy atom. The number of nitrogens with two attached hydrogens (primary N) is 1. The average molecular weight is 349 g/mol. The molecule has 0 radical (unpaired) electrons. The highest BCUT2D eigenvalue weighted by Gasteiger charge is 2.22. The first-order valence-corrected chi connectivity index (χ1v) is 7.78. The van der Waals surface area contributed by atoms with Gasteiger partial charge in [0.2, 0.25) is 5.95 Å². The molecule has 6 heteroatoms. The molecule has 21 heavy (non-hydrogen) atoms. The number of halogens is 1.